The van der Waals surface area contributed by atoms with Gasteiger partial charge in [-0.25, -0.2) is 4.98 Å². The number of hydrogen-bond donors (Lipinski definition) is 0. The number of alkyl halides is 7. The van der Waals surface area contributed by atoms with Gasteiger partial charge in [0.25, 0.3) is 0 Å². The highest BCUT2D eigenvalue weighted by atomic mass is 79.9. The number of hydrogen-bond acceptors (Lipinski definition) is 3. The molecular weight excluding hydrogens is 348 g/mol. The minimum absolute atomic E-state index is 0.342. The molecule has 1 rings (SSSR count). The van der Waals surface area contributed by atoms with E-state index in [0.29, 0.717) is 6.07 Å². The first-order chi connectivity index (χ1) is 8.58. The standard InChI is InChI=1S/C9H6BrF6NO2/c1-18-6-2-5(19-9(14,15)16)4(3-10)17-7(6)8(11,12)13/h2H,3H2,1H3. The zero-order chi connectivity index (χ0) is 14.8. The average molecular weight is 354 g/mol. The third-order valence-electron chi connectivity index (χ3n) is 1.87. The average Bonchev–Trinajstić information content (AvgIpc) is 2.24. The zero-order valence-electron chi connectivity index (χ0n) is 9.19. The first-order valence-corrected chi connectivity index (χ1v) is 5.67. The van der Waals surface area contributed by atoms with Crippen LogP contribution in [0.5, 0.6) is 11.5 Å². The van der Waals surface area contributed by atoms with Gasteiger partial charge in [0.15, 0.2) is 17.2 Å². The van der Waals surface area contributed by atoms with Crippen LogP contribution in [0.15, 0.2) is 6.07 Å². The molecule has 0 aliphatic rings. The molecule has 1 heterocycles. The number of nitrogens with zero attached hydrogens (tertiary/aromatic N) is 1. The maximum absolute atomic E-state index is 12.6. The van der Waals surface area contributed by atoms with Gasteiger partial charge in [0.1, 0.15) is 0 Å². The monoisotopic (exact) mass is 353 g/mol. The molecule has 0 amide bonds. The molecule has 0 atom stereocenters. The van der Waals surface area contributed by atoms with Crippen molar-refractivity contribution in [3.05, 3.63) is 17.5 Å². The minimum atomic E-state index is -5.04. The van der Waals surface area contributed by atoms with Gasteiger partial charge in [-0.1, -0.05) is 15.9 Å². The number of ether oxygens (including phenoxy) is 2. The molecule has 0 radical (unpaired) electrons. The summed E-state index contributed by atoms with van der Waals surface area (Å²) in [7, 11) is 0.886. The number of halogens is 7. The fourth-order valence-corrected chi connectivity index (χ4v) is 1.59. The van der Waals surface area contributed by atoms with E-state index in [1.807, 2.05) is 0 Å². The van der Waals surface area contributed by atoms with Gasteiger partial charge in [-0.3, -0.25) is 0 Å². The Morgan fingerprint density at radius 1 is 1.16 bits per heavy atom. The van der Waals surface area contributed by atoms with Crippen molar-refractivity contribution in [1.29, 1.82) is 0 Å². The van der Waals surface area contributed by atoms with E-state index < -0.39 is 35.4 Å². The van der Waals surface area contributed by atoms with E-state index >= 15 is 0 Å². The van der Waals surface area contributed by atoms with E-state index in [-0.39, 0.29) is 5.33 Å². The Balaban J connectivity index is 3.36. The fourth-order valence-electron chi connectivity index (χ4n) is 1.18. The van der Waals surface area contributed by atoms with E-state index in [1.165, 1.54) is 0 Å². The molecule has 1 aromatic rings. The van der Waals surface area contributed by atoms with Crippen LogP contribution in [-0.4, -0.2) is 18.5 Å². The second-order valence-electron chi connectivity index (χ2n) is 3.16. The van der Waals surface area contributed by atoms with Gasteiger partial charge in [-0.2, -0.15) is 13.2 Å². The Hall–Kier alpha value is -1.19. The molecule has 108 valence electrons. The summed E-state index contributed by atoms with van der Waals surface area (Å²) in [6.45, 7) is 0. The van der Waals surface area contributed by atoms with Crippen LogP contribution in [0.4, 0.5) is 26.3 Å². The van der Waals surface area contributed by atoms with Crippen LogP contribution in [-0.2, 0) is 11.5 Å². The minimum Gasteiger partial charge on any atom is -0.494 e. The molecule has 0 fully saturated rings. The molecule has 0 spiro atoms. The second-order valence-corrected chi connectivity index (χ2v) is 3.72. The Morgan fingerprint density at radius 2 is 1.74 bits per heavy atom. The van der Waals surface area contributed by atoms with Gasteiger partial charge >= 0.3 is 12.5 Å². The summed E-state index contributed by atoms with van der Waals surface area (Å²) in [5.74, 6) is -1.70. The van der Waals surface area contributed by atoms with Gasteiger partial charge < -0.3 is 9.47 Å². The molecule has 0 unspecified atom stereocenters. The Bertz CT molecular complexity index is 459. The highest BCUT2D eigenvalue weighted by Gasteiger charge is 2.39. The zero-order valence-corrected chi connectivity index (χ0v) is 10.8. The predicted molar refractivity (Wildman–Crippen MR) is 55.1 cm³/mol. The van der Waals surface area contributed by atoms with Gasteiger partial charge in [0.2, 0.25) is 0 Å². The molecule has 0 aliphatic heterocycles. The van der Waals surface area contributed by atoms with Gasteiger partial charge in [-0.15, -0.1) is 13.2 Å². The first-order valence-electron chi connectivity index (χ1n) is 4.55. The molecule has 1 aromatic heterocycles. The van der Waals surface area contributed by atoms with Crippen LogP contribution in [0.25, 0.3) is 0 Å². The lowest BCUT2D eigenvalue weighted by Gasteiger charge is -2.16. The van der Waals surface area contributed by atoms with E-state index in [1.54, 1.807) is 0 Å². The molecule has 0 bridgehead atoms. The molecular formula is C9H6BrF6NO2. The van der Waals surface area contributed by atoms with Crippen molar-refractivity contribution < 1.29 is 35.8 Å². The van der Waals surface area contributed by atoms with Crippen LogP contribution in [0.3, 0.4) is 0 Å². The van der Waals surface area contributed by atoms with Crippen molar-refractivity contribution >= 4 is 15.9 Å². The van der Waals surface area contributed by atoms with Crippen molar-refractivity contribution in [1.82, 2.24) is 4.98 Å². The van der Waals surface area contributed by atoms with E-state index in [4.69, 9.17) is 0 Å². The van der Waals surface area contributed by atoms with Crippen molar-refractivity contribution in [3.8, 4) is 11.5 Å². The maximum atomic E-state index is 12.6. The molecule has 0 saturated carbocycles. The van der Waals surface area contributed by atoms with Crippen molar-refractivity contribution in [2.24, 2.45) is 0 Å². The number of pyridine rings is 1. The summed E-state index contributed by atoms with van der Waals surface area (Å²) in [4.78, 5) is 3.10. The number of rotatable bonds is 3. The molecule has 19 heavy (non-hydrogen) atoms. The van der Waals surface area contributed by atoms with Gasteiger partial charge in [-0.05, 0) is 0 Å². The Kier molecular flexibility index (Phi) is 4.54. The summed E-state index contributed by atoms with van der Waals surface area (Å²) in [5.41, 5.74) is -1.95. The summed E-state index contributed by atoms with van der Waals surface area (Å²) >= 11 is 2.75. The quantitative estimate of drug-likeness (QED) is 0.610. The van der Waals surface area contributed by atoms with E-state index in [0.717, 1.165) is 7.11 Å². The summed E-state index contributed by atoms with van der Waals surface area (Å²) in [6, 6.07) is 0.500. The van der Waals surface area contributed by atoms with Crippen molar-refractivity contribution in [2.45, 2.75) is 17.9 Å². The third kappa shape index (κ3) is 4.15. The lowest BCUT2D eigenvalue weighted by molar-refractivity contribution is -0.275. The van der Waals surface area contributed by atoms with E-state index in [2.05, 4.69) is 30.4 Å². The Morgan fingerprint density at radius 3 is 2.11 bits per heavy atom. The lowest BCUT2D eigenvalue weighted by Crippen LogP contribution is -2.20. The van der Waals surface area contributed by atoms with Crippen LogP contribution in [0, 0.1) is 0 Å². The number of aromatic nitrogens is 1. The highest BCUT2D eigenvalue weighted by molar-refractivity contribution is 9.08. The molecule has 10 heteroatoms. The van der Waals surface area contributed by atoms with Gasteiger partial charge in [0, 0.05) is 11.4 Å². The maximum Gasteiger partial charge on any atom is 0.573 e. The predicted octanol–water partition coefficient (Wildman–Crippen LogP) is 3.90. The summed E-state index contributed by atoms with van der Waals surface area (Å²) in [5, 5.41) is -0.342. The van der Waals surface area contributed by atoms with Crippen LogP contribution in [0.2, 0.25) is 0 Å². The largest absolute Gasteiger partial charge is 0.573 e. The van der Waals surface area contributed by atoms with Crippen LogP contribution >= 0.6 is 15.9 Å². The fraction of sp³-hybridized carbons (Fsp3) is 0.444. The molecule has 0 aliphatic carbocycles. The third-order valence-corrected chi connectivity index (χ3v) is 2.40. The van der Waals surface area contributed by atoms with Crippen molar-refractivity contribution in [3.63, 3.8) is 0 Å². The SMILES string of the molecule is COc1cc(OC(F)(F)F)c(CBr)nc1C(F)(F)F. The normalized spacial score (nSPS) is 12.4. The lowest BCUT2D eigenvalue weighted by atomic mass is 10.2. The summed E-state index contributed by atoms with van der Waals surface area (Å²) in [6.07, 6.45) is -9.89. The van der Waals surface area contributed by atoms with Crippen LogP contribution < -0.4 is 9.47 Å². The van der Waals surface area contributed by atoms with Crippen molar-refractivity contribution in [2.75, 3.05) is 7.11 Å². The second kappa shape index (κ2) is 5.43. The molecule has 3 nitrogen and oxygen atoms in total. The highest BCUT2D eigenvalue weighted by Crippen LogP contribution is 2.39. The molecule has 0 N–H and O–H groups in total. The topological polar surface area (TPSA) is 31.4 Å². The first kappa shape index (κ1) is 15.9. The smallest absolute Gasteiger partial charge is 0.494 e. The van der Waals surface area contributed by atoms with Gasteiger partial charge in [0.05, 0.1) is 12.8 Å². The summed E-state index contributed by atoms with van der Waals surface area (Å²) < 4.78 is 82.1. The molecule has 0 aromatic carbocycles. The molecule has 0 saturated heterocycles. The number of methoxy groups -OCH3 is 1. The Labute approximate surface area is 111 Å². The van der Waals surface area contributed by atoms with Crippen LogP contribution in [0.1, 0.15) is 11.4 Å². The van der Waals surface area contributed by atoms with E-state index in [9.17, 15) is 26.3 Å².